The van der Waals surface area contributed by atoms with Gasteiger partial charge in [-0.25, -0.2) is 0 Å². The highest BCUT2D eigenvalue weighted by Crippen LogP contribution is 2.24. The van der Waals surface area contributed by atoms with Gasteiger partial charge in [-0.05, 0) is 12.7 Å². The quantitative estimate of drug-likeness (QED) is 0.360. The molecule has 0 aromatic carbocycles. The van der Waals surface area contributed by atoms with E-state index in [2.05, 4.69) is 11.2 Å². The van der Waals surface area contributed by atoms with Gasteiger partial charge in [0.25, 0.3) is 0 Å². The maximum Gasteiger partial charge on any atom is 0.102 e. The molecule has 2 nitrogen and oxygen atoms in total. The Kier molecular flexibility index (Phi) is 11.5. The molecular weight excluding hydrogens is 298 g/mol. The molecule has 0 bridgehead atoms. The van der Waals surface area contributed by atoms with Crippen LogP contribution < -0.4 is 0 Å². The molecule has 0 radical (unpaired) electrons. The van der Waals surface area contributed by atoms with Crippen molar-refractivity contribution in [3.05, 3.63) is 0 Å². The van der Waals surface area contributed by atoms with E-state index in [0.29, 0.717) is 0 Å². The minimum Gasteiger partial charge on any atom is -0.370 e. The molecule has 0 atom stereocenters. The first-order chi connectivity index (χ1) is 7.93. The van der Waals surface area contributed by atoms with Gasteiger partial charge < -0.3 is 4.74 Å². The van der Waals surface area contributed by atoms with Crippen molar-refractivity contribution in [1.82, 2.24) is 4.90 Å². The molecule has 1 rings (SSSR count). The summed E-state index contributed by atoms with van der Waals surface area (Å²) in [6.07, 6.45) is 3.29. The van der Waals surface area contributed by atoms with Crippen LogP contribution in [0, 0.1) is 0 Å². The van der Waals surface area contributed by atoms with Gasteiger partial charge in [0, 0.05) is 35.1 Å². The molecule has 16 heavy (non-hydrogen) atoms. The molecule has 1 aliphatic rings. The minimum absolute atomic E-state index is 0.828. The summed E-state index contributed by atoms with van der Waals surface area (Å²) in [6.45, 7) is 2.08. The molecule has 96 valence electrons. The van der Waals surface area contributed by atoms with E-state index in [0.717, 1.165) is 24.1 Å². The van der Waals surface area contributed by atoms with Gasteiger partial charge in [0.2, 0.25) is 0 Å². The molecule has 0 N–H and O–H groups in total. The summed E-state index contributed by atoms with van der Waals surface area (Å²) in [4.78, 5) is 2.50. The van der Waals surface area contributed by atoms with Crippen LogP contribution in [-0.2, 0) is 4.74 Å². The van der Waals surface area contributed by atoms with E-state index >= 15 is 0 Å². The molecule has 0 spiro atoms. The van der Waals surface area contributed by atoms with E-state index in [1.165, 1.54) is 23.4 Å². The van der Waals surface area contributed by atoms with Crippen LogP contribution in [0.4, 0.5) is 0 Å². The Morgan fingerprint density at radius 3 is 2.81 bits per heavy atom. The van der Waals surface area contributed by atoms with Crippen LogP contribution in [0.25, 0.3) is 0 Å². The van der Waals surface area contributed by atoms with Gasteiger partial charge in [0.05, 0.1) is 0 Å². The molecule has 0 amide bonds. The first kappa shape index (κ1) is 15.7. The van der Waals surface area contributed by atoms with Crippen LogP contribution in [0.15, 0.2) is 0 Å². The van der Waals surface area contributed by atoms with Crippen LogP contribution in [0.1, 0.15) is 6.42 Å². The first-order valence-corrected chi connectivity index (χ1v) is 11.3. The molecule has 0 aliphatic carbocycles. The van der Waals surface area contributed by atoms with E-state index in [1.54, 1.807) is 0 Å². The predicted molar refractivity (Wildman–Crippen MR) is 85.5 cm³/mol. The summed E-state index contributed by atoms with van der Waals surface area (Å²) < 4.78 is 5.56. The highest BCUT2D eigenvalue weighted by atomic mass is 33.1. The number of hydrogen-bond donors (Lipinski definition) is 0. The number of hydrogen-bond acceptors (Lipinski definition) is 7. The van der Waals surface area contributed by atoms with Gasteiger partial charge in [0.15, 0.2) is 0 Å². The molecule has 0 aromatic rings. The summed E-state index contributed by atoms with van der Waals surface area (Å²) in [5.74, 6) is 3.23. The standard InChI is InChI=1S/C9H19NOS5/c1-12-8-16-15-7-11-4-2-3-10-5-13-9-14-6-10/h2-9H2,1H3. The normalized spacial score (nSPS) is 17.8. The fourth-order valence-electron chi connectivity index (χ4n) is 1.16. The van der Waals surface area contributed by atoms with Crippen LogP contribution in [-0.4, -0.2) is 52.2 Å². The summed E-state index contributed by atoms with van der Waals surface area (Å²) in [7, 11) is 3.69. The van der Waals surface area contributed by atoms with Gasteiger partial charge in [-0.1, -0.05) is 21.6 Å². The van der Waals surface area contributed by atoms with Crippen molar-refractivity contribution < 1.29 is 4.74 Å². The molecule has 1 heterocycles. The highest BCUT2D eigenvalue weighted by Gasteiger charge is 2.09. The van der Waals surface area contributed by atoms with Crippen LogP contribution in [0.5, 0.6) is 0 Å². The number of thioether (sulfide) groups is 3. The van der Waals surface area contributed by atoms with Gasteiger partial charge >= 0.3 is 0 Å². The molecule has 0 aromatic heterocycles. The molecular formula is C9H19NOS5. The van der Waals surface area contributed by atoms with E-state index in [4.69, 9.17) is 4.74 Å². The van der Waals surface area contributed by atoms with E-state index < -0.39 is 0 Å². The Hall–Kier alpha value is 1.67. The summed E-state index contributed by atoms with van der Waals surface area (Å²) in [6, 6.07) is 0. The lowest BCUT2D eigenvalue weighted by molar-refractivity contribution is 0.169. The van der Waals surface area contributed by atoms with Crippen molar-refractivity contribution in [2.45, 2.75) is 6.42 Å². The highest BCUT2D eigenvalue weighted by molar-refractivity contribution is 8.78. The fourth-order valence-corrected chi connectivity index (χ4v) is 6.10. The van der Waals surface area contributed by atoms with E-state index in [-0.39, 0.29) is 0 Å². The Morgan fingerprint density at radius 2 is 2.06 bits per heavy atom. The lowest BCUT2D eigenvalue weighted by atomic mass is 10.4. The number of ether oxygens (including phenoxy) is 1. The molecule has 0 saturated carbocycles. The number of rotatable bonds is 9. The Bertz CT molecular complexity index is 157. The Morgan fingerprint density at radius 1 is 1.25 bits per heavy atom. The van der Waals surface area contributed by atoms with Crippen LogP contribution in [0.2, 0.25) is 0 Å². The van der Waals surface area contributed by atoms with Gasteiger partial charge in [-0.2, -0.15) is 11.8 Å². The first-order valence-electron chi connectivity index (χ1n) is 5.12. The third-order valence-electron chi connectivity index (χ3n) is 1.86. The summed E-state index contributed by atoms with van der Waals surface area (Å²) in [5.41, 5.74) is 0. The smallest absolute Gasteiger partial charge is 0.102 e. The lowest BCUT2D eigenvalue weighted by Gasteiger charge is -2.25. The zero-order chi connectivity index (χ0) is 11.5. The zero-order valence-corrected chi connectivity index (χ0v) is 13.6. The van der Waals surface area contributed by atoms with E-state index in [1.807, 2.05) is 56.9 Å². The molecule has 0 unspecified atom stereocenters. The predicted octanol–water partition coefficient (Wildman–Crippen LogP) is 3.71. The van der Waals surface area contributed by atoms with Crippen molar-refractivity contribution >= 4 is 56.9 Å². The second-order valence-electron chi connectivity index (χ2n) is 3.20. The average molecular weight is 318 g/mol. The second kappa shape index (κ2) is 11.7. The number of nitrogens with zero attached hydrogens (tertiary/aromatic N) is 1. The average Bonchev–Trinajstić information content (AvgIpc) is 2.34. The van der Waals surface area contributed by atoms with Crippen LogP contribution in [0.3, 0.4) is 0 Å². The van der Waals surface area contributed by atoms with Gasteiger partial charge in [-0.3, -0.25) is 4.90 Å². The molecule has 1 fully saturated rings. The SMILES string of the molecule is CSCSSCOCCCN1CSCSC1. The monoisotopic (exact) mass is 317 g/mol. The largest absolute Gasteiger partial charge is 0.370 e. The Labute approximate surface area is 120 Å². The zero-order valence-electron chi connectivity index (χ0n) is 9.55. The topological polar surface area (TPSA) is 12.5 Å². The third-order valence-corrected chi connectivity index (χ3v) is 7.70. The van der Waals surface area contributed by atoms with Crippen molar-refractivity contribution in [3.63, 3.8) is 0 Å². The fraction of sp³-hybridized carbons (Fsp3) is 1.00. The second-order valence-corrected chi connectivity index (χ2v) is 9.12. The van der Waals surface area contributed by atoms with Gasteiger partial charge in [-0.15, -0.1) is 23.5 Å². The Balaban J connectivity index is 1.77. The van der Waals surface area contributed by atoms with Crippen molar-refractivity contribution in [3.8, 4) is 0 Å². The van der Waals surface area contributed by atoms with Gasteiger partial charge in [0.1, 0.15) is 5.94 Å². The summed E-state index contributed by atoms with van der Waals surface area (Å²) in [5, 5.41) is 2.41. The van der Waals surface area contributed by atoms with Crippen molar-refractivity contribution in [2.75, 3.05) is 47.3 Å². The van der Waals surface area contributed by atoms with E-state index in [9.17, 15) is 0 Å². The van der Waals surface area contributed by atoms with Crippen molar-refractivity contribution in [2.24, 2.45) is 0 Å². The van der Waals surface area contributed by atoms with Crippen molar-refractivity contribution in [1.29, 1.82) is 0 Å². The lowest BCUT2D eigenvalue weighted by Crippen LogP contribution is -2.27. The molecule has 7 heteroatoms. The third kappa shape index (κ3) is 8.72. The maximum absolute atomic E-state index is 5.56. The summed E-state index contributed by atoms with van der Waals surface area (Å²) >= 11 is 5.90. The molecule has 1 aliphatic heterocycles. The molecule has 1 saturated heterocycles. The minimum atomic E-state index is 0.828. The van der Waals surface area contributed by atoms with Crippen LogP contribution >= 0.6 is 56.9 Å². The maximum atomic E-state index is 5.56.